The number of hydrogen-bond donors (Lipinski definition) is 1. The standard InChI is InChI=1S/C20H19N3O2S/c24-20(22-18-9-10-21-23(18)14-5-1-2-6-14)17-11-13-12-25-16-8-4-3-7-15(16)19(13)26-17/h3-4,7-11,14H,1-2,5-6,12H2,(H,22,24). The number of amides is 1. The van der Waals surface area contributed by atoms with Crippen LogP contribution >= 0.6 is 11.3 Å². The summed E-state index contributed by atoms with van der Waals surface area (Å²) in [6.07, 6.45) is 6.49. The number of hydrogen-bond acceptors (Lipinski definition) is 4. The third-order valence-corrected chi connectivity index (χ3v) is 6.34. The molecule has 26 heavy (non-hydrogen) atoms. The molecule has 1 aliphatic heterocycles. The molecule has 2 aromatic heterocycles. The number of nitrogens with one attached hydrogen (secondary N) is 1. The number of nitrogens with zero attached hydrogens (tertiary/aromatic N) is 2. The monoisotopic (exact) mass is 365 g/mol. The third kappa shape index (κ3) is 2.61. The molecule has 3 heterocycles. The highest BCUT2D eigenvalue weighted by atomic mass is 32.1. The molecule has 0 atom stereocenters. The topological polar surface area (TPSA) is 56.2 Å². The summed E-state index contributed by atoms with van der Waals surface area (Å²) in [5.41, 5.74) is 2.14. The van der Waals surface area contributed by atoms with Crippen molar-refractivity contribution < 1.29 is 9.53 Å². The molecule has 0 bridgehead atoms. The van der Waals surface area contributed by atoms with Crippen molar-refractivity contribution in [3.63, 3.8) is 0 Å². The number of rotatable bonds is 3. The predicted octanol–water partition coefficient (Wildman–Crippen LogP) is 4.87. The largest absolute Gasteiger partial charge is 0.488 e. The van der Waals surface area contributed by atoms with E-state index in [-0.39, 0.29) is 5.91 Å². The summed E-state index contributed by atoms with van der Waals surface area (Å²) in [5.74, 6) is 1.58. The molecule has 5 nitrogen and oxygen atoms in total. The van der Waals surface area contributed by atoms with E-state index in [4.69, 9.17) is 4.74 Å². The number of para-hydroxylation sites is 1. The van der Waals surface area contributed by atoms with Crippen LogP contribution in [0.15, 0.2) is 42.6 Å². The summed E-state index contributed by atoms with van der Waals surface area (Å²) >= 11 is 1.52. The summed E-state index contributed by atoms with van der Waals surface area (Å²) in [7, 11) is 0. The fraction of sp³-hybridized carbons (Fsp3) is 0.300. The molecule has 1 aromatic carbocycles. The van der Waals surface area contributed by atoms with Crippen LogP contribution in [0.1, 0.15) is 47.0 Å². The second-order valence-electron chi connectivity index (χ2n) is 6.80. The Labute approximate surface area is 155 Å². The summed E-state index contributed by atoms with van der Waals surface area (Å²) in [4.78, 5) is 14.7. The minimum absolute atomic E-state index is 0.0818. The van der Waals surface area contributed by atoms with E-state index in [9.17, 15) is 4.79 Å². The number of fused-ring (bicyclic) bond motifs is 3. The molecule has 1 saturated carbocycles. The molecule has 1 amide bonds. The Kier molecular flexibility index (Phi) is 3.78. The van der Waals surface area contributed by atoms with Gasteiger partial charge in [0.15, 0.2) is 0 Å². The van der Waals surface area contributed by atoms with Gasteiger partial charge < -0.3 is 10.1 Å². The summed E-state index contributed by atoms with van der Waals surface area (Å²) in [6.45, 7) is 0.510. The van der Waals surface area contributed by atoms with Crippen LogP contribution in [0.25, 0.3) is 10.4 Å². The number of carbonyl (C=O) groups excluding carboxylic acids is 1. The minimum Gasteiger partial charge on any atom is -0.488 e. The maximum absolute atomic E-state index is 12.8. The second-order valence-corrected chi connectivity index (χ2v) is 7.86. The van der Waals surface area contributed by atoms with Crippen LogP contribution in [0.4, 0.5) is 5.82 Å². The van der Waals surface area contributed by atoms with Crippen molar-refractivity contribution in [1.82, 2.24) is 9.78 Å². The molecule has 1 aliphatic carbocycles. The molecule has 3 aromatic rings. The fourth-order valence-corrected chi connectivity index (χ4v) is 4.93. The first-order valence-electron chi connectivity index (χ1n) is 8.99. The van der Waals surface area contributed by atoms with Gasteiger partial charge in [-0.2, -0.15) is 5.10 Å². The van der Waals surface area contributed by atoms with Crippen LogP contribution in [0.2, 0.25) is 0 Å². The van der Waals surface area contributed by atoms with Gasteiger partial charge in [-0.15, -0.1) is 11.3 Å². The van der Waals surface area contributed by atoms with Crippen molar-refractivity contribution in [2.24, 2.45) is 0 Å². The Morgan fingerprint density at radius 1 is 1.23 bits per heavy atom. The molecule has 1 N–H and O–H groups in total. The first-order chi connectivity index (χ1) is 12.8. The summed E-state index contributed by atoms with van der Waals surface area (Å²) in [6, 6.07) is 12.2. The van der Waals surface area contributed by atoms with E-state index in [0.29, 0.717) is 17.5 Å². The van der Waals surface area contributed by atoms with Crippen LogP contribution in [-0.2, 0) is 6.61 Å². The first-order valence-corrected chi connectivity index (χ1v) is 9.81. The Morgan fingerprint density at radius 2 is 2.08 bits per heavy atom. The molecule has 0 spiro atoms. The predicted molar refractivity (Wildman–Crippen MR) is 102 cm³/mol. The molecule has 5 rings (SSSR count). The second kappa shape index (κ2) is 6.29. The fourth-order valence-electron chi connectivity index (χ4n) is 3.84. The molecule has 0 radical (unpaired) electrons. The molecule has 2 aliphatic rings. The van der Waals surface area contributed by atoms with Crippen molar-refractivity contribution in [1.29, 1.82) is 0 Å². The number of ether oxygens (including phenoxy) is 1. The highest BCUT2D eigenvalue weighted by molar-refractivity contribution is 7.17. The van der Waals surface area contributed by atoms with E-state index in [1.54, 1.807) is 6.20 Å². The zero-order chi connectivity index (χ0) is 17.5. The lowest BCUT2D eigenvalue weighted by Gasteiger charge is -2.16. The molecule has 0 saturated heterocycles. The Bertz CT molecular complexity index is 969. The van der Waals surface area contributed by atoms with E-state index >= 15 is 0 Å². The van der Waals surface area contributed by atoms with Gasteiger partial charge in [0.2, 0.25) is 0 Å². The van der Waals surface area contributed by atoms with Gasteiger partial charge in [-0.05, 0) is 31.0 Å². The van der Waals surface area contributed by atoms with Crippen molar-refractivity contribution >= 4 is 23.1 Å². The van der Waals surface area contributed by atoms with E-state index in [2.05, 4.69) is 10.4 Å². The molecule has 132 valence electrons. The van der Waals surface area contributed by atoms with Gasteiger partial charge in [-0.3, -0.25) is 4.79 Å². The first kappa shape index (κ1) is 15.6. The zero-order valence-corrected chi connectivity index (χ0v) is 15.1. The highest BCUT2D eigenvalue weighted by Gasteiger charge is 2.24. The minimum atomic E-state index is -0.0818. The van der Waals surface area contributed by atoms with Crippen molar-refractivity contribution in [3.05, 3.63) is 53.0 Å². The van der Waals surface area contributed by atoms with Gasteiger partial charge in [0.1, 0.15) is 18.2 Å². The van der Waals surface area contributed by atoms with E-state index in [0.717, 1.165) is 40.4 Å². The van der Waals surface area contributed by atoms with E-state index in [1.807, 2.05) is 41.1 Å². The SMILES string of the molecule is O=C(Nc1ccnn1C1CCCC1)c1cc2c(s1)-c1ccccc1OC2. The van der Waals surface area contributed by atoms with Crippen LogP contribution in [0, 0.1) is 0 Å². The number of thiophene rings is 1. The van der Waals surface area contributed by atoms with Crippen molar-refractivity contribution in [2.75, 3.05) is 5.32 Å². The zero-order valence-electron chi connectivity index (χ0n) is 14.3. The van der Waals surface area contributed by atoms with Crippen molar-refractivity contribution in [2.45, 2.75) is 38.3 Å². The maximum atomic E-state index is 12.8. The van der Waals surface area contributed by atoms with Crippen LogP contribution < -0.4 is 10.1 Å². The van der Waals surface area contributed by atoms with Crippen LogP contribution in [0.5, 0.6) is 5.75 Å². The lowest BCUT2D eigenvalue weighted by molar-refractivity contribution is 0.102. The van der Waals surface area contributed by atoms with Gasteiger partial charge in [0.05, 0.1) is 17.1 Å². The summed E-state index contributed by atoms with van der Waals surface area (Å²) < 4.78 is 7.77. The smallest absolute Gasteiger partial charge is 0.266 e. The average molecular weight is 365 g/mol. The lowest BCUT2D eigenvalue weighted by atomic mass is 10.1. The molecule has 6 heteroatoms. The lowest BCUT2D eigenvalue weighted by Crippen LogP contribution is -2.16. The van der Waals surface area contributed by atoms with Crippen LogP contribution in [0.3, 0.4) is 0 Å². The molecular formula is C20H19N3O2S. The van der Waals surface area contributed by atoms with Crippen molar-refractivity contribution in [3.8, 4) is 16.2 Å². The van der Waals surface area contributed by atoms with Gasteiger partial charge >= 0.3 is 0 Å². The van der Waals surface area contributed by atoms with E-state index < -0.39 is 0 Å². The molecular weight excluding hydrogens is 346 g/mol. The molecule has 0 unspecified atom stereocenters. The number of anilines is 1. The highest BCUT2D eigenvalue weighted by Crippen LogP contribution is 2.42. The Hall–Kier alpha value is -2.60. The number of benzene rings is 1. The Morgan fingerprint density at radius 3 is 2.96 bits per heavy atom. The average Bonchev–Trinajstić information content (AvgIpc) is 3.41. The van der Waals surface area contributed by atoms with Gasteiger partial charge in [0, 0.05) is 22.1 Å². The third-order valence-electron chi connectivity index (χ3n) is 5.13. The van der Waals surface area contributed by atoms with Gasteiger partial charge in [-0.1, -0.05) is 25.0 Å². The normalized spacial score (nSPS) is 16.0. The van der Waals surface area contributed by atoms with E-state index in [1.165, 1.54) is 24.2 Å². The van der Waals surface area contributed by atoms with Crippen LogP contribution in [-0.4, -0.2) is 15.7 Å². The number of carbonyl (C=O) groups is 1. The Balaban J connectivity index is 1.41. The summed E-state index contributed by atoms with van der Waals surface area (Å²) in [5, 5.41) is 7.47. The molecule has 1 fully saturated rings. The quantitative estimate of drug-likeness (QED) is 0.720. The maximum Gasteiger partial charge on any atom is 0.266 e. The van der Waals surface area contributed by atoms with Gasteiger partial charge in [-0.25, -0.2) is 4.68 Å². The van der Waals surface area contributed by atoms with Gasteiger partial charge in [0.25, 0.3) is 5.91 Å². The number of aromatic nitrogens is 2.